The summed E-state index contributed by atoms with van der Waals surface area (Å²) in [4.78, 5) is 0. The summed E-state index contributed by atoms with van der Waals surface area (Å²) in [7, 11) is 0. The molecule has 1 aromatic rings. The Morgan fingerprint density at radius 3 is 2.59 bits per heavy atom. The zero-order valence-corrected chi connectivity index (χ0v) is 13.4. The van der Waals surface area contributed by atoms with Crippen LogP contribution in [-0.2, 0) is 0 Å². The second kappa shape index (κ2) is 6.24. The van der Waals surface area contributed by atoms with E-state index in [1.54, 1.807) is 0 Å². The molecule has 17 heavy (non-hydrogen) atoms. The van der Waals surface area contributed by atoms with Gasteiger partial charge in [0, 0.05) is 21.2 Å². The molecule has 0 bridgehead atoms. The van der Waals surface area contributed by atoms with Crippen LogP contribution in [0.2, 0.25) is 0 Å². The highest BCUT2D eigenvalue weighted by atomic mass is 79.9. The molecule has 0 aromatic heterocycles. The highest BCUT2D eigenvalue weighted by Crippen LogP contribution is 2.30. The van der Waals surface area contributed by atoms with Crippen molar-refractivity contribution in [3.05, 3.63) is 27.1 Å². The first-order valence-electron chi connectivity index (χ1n) is 6.34. The van der Waals surface area contributed by atoms with Gasteiger partial charge in [-0.25, -0.2) is 0 Å². The molecule has 0 amide bonds. The number of hydrogen-bond acceptors (Lipinski definition) is 1. The minimum absolute atomic E-state index is 0.845. The Hall–Kier alpha value is -0.0200. The van der Waals surface area contributed by atoms with Crippen LogP contribution in [0, 0.1) is 11.8 Å². The zero-order valence-electron chi connectivity index (χ0n) is 10.2. The number of hydrogen-bond donors (Lipinski definition) is 1. The van der Waals surface area contributed by atoms with Crippen molar-refractivity contribution in [3.8, 4) is 0 Å². The van der Waals surface area contributed by atoms with E-state index in [2.05, 4.69) is 62.3 Å². The second-order valence-electron chi connectivity index (χ2n) is 5.13. The smallest absolute Gasteiger partial charge is 0.0496 e. The lowest BCUT2D eigenvalue weighted by Gasteiger charge is -2.26. The van der Waals surface area contributed by atoms with Crippen molar-refractivity contribution in [2.45, 2.75) is 32.6 Å². The molecular weight excluding hydrogens is 342 g/mol. The van der Waals surface area contributed by atoms with Crippen LogP contribution in [0.4, 0.5) is 5.69 Å². The van der Waals surface area contributed by atoms with Crippen LogP contribution >= 0.6 is 31.9 Å². The molecule has 0 aliphatic heterocycles. The Morgan fingerprint density at radius 2 is 1.88 bits per heavy atom. The normalized spacial score (nSPS) is 24.6. The maximum Gasteiger partial charge on any atom is 0.0496 e. The zero-order chi connectivity index (χ0) is 12.3. The lowest BCUT2D eigenvalue weighted by atomic mass is 9.83. The Labute approximate surface area is 121 Å². The third-order valence-corrected chi connectivity index (χ3v) is 4.83. The van der Waals surface area contributed by atoms with E-state index < -0.39 is 0 Å². The standard InChI is InChI=1S/C14H19Br2N/c1-10-2-4-11(5-3-10)9-17-14-8-12(15)6-7-13(14)16/h6-8,10-11,17H,2-5,9H2,1H3. The van der Waals surface area contributed by atoms with Crippen LogP contribution in [0.15, 0.2) is 27.1 Å². The fourth-order valence-corrected chi connectivity index (χ4v) is 3.17. The molecule has 1 aliphatic carbocycles. The van der Waals surface area contributed by atoms with Crippen LogP contribution in [0.1, 0.15) is 32.6 Å². The molecule has 0 heterocycles. The molecule has 1 fully saturated rings. The minimum atomic E-state index is 0.845. The molecule has 0 atom stereocenters. The summed E-state index contributed by atoms with van der Waals surface area (Å²) in [6.45, 7) is 3.47. The van der Waals surface area contributed by atoms with Crippen LogP contribution < -0.4 is 5.32 Å². The fraction of sp³-hybridized carbons (Fsp3) is 0.571. The summed E-state index contributed by atoms with van der Waals surface area (Å²) in [5.41, 5.74) is 1.19. The first-order chi connectivity index (χ1) is 8.15. The molecular formula is C14H19Br2N. The maximum absolute atomic E-state index is 3.58. The molecule has 0 unspecified atom stereocenters. The van der Waals surface area contributed by atoms with Gasteiger partial charge in [0.05, 0.1) is 0 Å². The topological polar surface area (TPSA) is 12.0 Å². The monoisotopic (exact) mass is 359 g/mol. The third kappa shape index (κ3) is 3.99. The second-order valence-corrected chi connectivity index (χ2v) is 6.90. The fourth-order valence-electron chi connectivity index (χ4n) is 2.42. The molecule has 0 radical (unpaired) electrons. The van der Waals surface area contributed by atoms with E-state index in [-0.39, 0.29) is 0 Å². The summed E-state index contributed by atoms with van der Waals surface area (Å²) in [5.74, 6) is 1.78. The van der Waals surface area contributed by atoms with Gasteiger partial charge < -0.3 is 5.32 Å². The van der Waals surface area contributed by atoms with E-state index in [4.69, 9.17) is 0 Å². The number of anilines is 1. The van der Waals surface area contributed by atoms with Gasteiger partial charge in [0.2, 0.25) is 0 Å². The van der Waals surface area contributed by atoms with E-state index in [9.17, 15) is 0 Å². The van der Waals surface area contributed by atoms with Crippen LogP contribution in [0.5, 0.6) is 0 Å². The van der Waals surface area contributed by atoms with E-state index >= 15 is 0 Å². The SMILES string of the molecule is CC1CCC(CNc2cc(Br)ccc2Br)CC1. The quantitative estimate of drug-likeness (QED) is 0.755. The van der Waals surface area contributed by atoms with Crippen molar-refractivity contribution in [1.82, 2.24) is 0 Å². The van der Waals surface area contributed by atoms with Gasteiger partial charge in [-0.05, 0) is 58.8 Å². The van der Waals surface area contributed by atoms with E-state index in [0.29, 0.717) is 0 Å². The van der Waals surface area contributed by atoms with Crippen molar-refractivity contribution >= 4 is 37.5 Å². The van der Waals surface area contributed by atoms with Crippen LogP contribution in [0.25, 0.3) is 0 Å². The van der Waals surface area contributed by atoms with Gasteiger partial charge in [-0.3, -0.25) is 0 Å². The van der Waals surface area contributed by atoms with E-state index in [0.717, 1.165) is 27.3 Å². The van der Waals surface area contributed by atoms with Crippen LogP contribution in [-0.4, -0.2) is 6.54 Å². The molecule has 1 saturated carbocycles. The van der Waals surface area contributed by atoms with Gasteiger partial charge in [-0.2, -0.15) is 0 Å². The average Bonchev–Trinajstić information content (AvgIpc) is 2.32. The largest absolute Gasteiger partial charge is 0.384 e. The van der Waals surface area contributed by atoms with Crippen LogP contribution in [0.3, 0.4) is 0 Å². The summed E-state index contributed by atoms with van der Waals surface area (Å²) < 4.78 is 2.27. The Morgan fingerprint density at radius 1 is 1.18 bits per heavy atom. The molecule has 1 N–H and O–H groups in total. The molecule has 0 spiro atoms. The first-order valence-corrected chi connectivity index (χ1v) is 7.92. The van der Waals surface area contributed by atoms with Gasteiger partial charge in [0.1, 0.15) is 0 Å². The molecule has 0 saturated heterocycles. The number of rotatable bonds is 3. The summed E-state index contributed by atoms with van der Waals surface area (Å²) in [6.07, 6.45) is 5.54. The maximum atomic E-state index is 3.58. The number of halogens is 2. The van der Waals surface area contributed by atoms with Gasteiger partial charge >= 0.3 is 0 Å². The lowest BCUT2D eigenvalue weighted by molar-refractivity contribution is 0.300. The molecule has 94 valence electrons. The summed E-state index contributed by atoms with van der Waals surface area (Å²) in [5, 5.41) is 3.56. The summed E-state index contributed by atoms with van der Waals surface area (Å²) >= 11 is 7.09. The highest BCUT2D eigenvalue weighted by Gasteiger charge is 2.17. The summed E-state index contributed by atoms with van der Waals surface area (Å²) in [6, 6.07) is 6.27. The van der Waals surface area contributed by atoms with Gasteiger partial charge in [0.25, 0.3) is 0 Å². The highest BCUT2D eigenvalue weighted by molar-refractivity contribution is 9.11. The minimum Gasteiger partial charge on any atom is -0.384 e. The van der Waals surface area contributed by atoms with Gasteiger partial charge in [0.15, 0.2) is 0 Å². The van der Waals surface area contributed by atoms with Crippen molar-refractivity contribution in [3.63, 3.8) is 0 Å². The third-order valence-electron chi connectivity index (χ3n) is 3.65. The first kappa shape index (κ1) is 13.4. The lowest BCUT2D eigenvalue weighted by Crippen LogP contribution is -2.20. The Kier molecular flexibility index (Phi) is 4.92. The van der Waals surface area contributed by atoms with Crippen molar-refractivity contribution < 1.29 is 0 Å². The predicted molar refractivity (Wildman–Crippen MR) is 81.5 cm³/mol. The molecule has 1 nitrogen and oxygen atoms in total. The molecule has 1 aromatic carbocycles. The van der Waals surface area contributed by atoms with Crippen molar-refractivity contribution in [2.24, 2.45) is 11.8 Å². The molecule has 2 rings (SSSR count). The number of benzene rings is 1. The van der Waals surface area contributed by atoms with Gasteiger partial charge in [-0.1, -0.05) is 35.7 Å². The molecule has 1 aliphatic rings. The predicted octanol–water partition coefficient (Wildman–Crippen LogP) is 5.45. The van der Waals surface area contributed by atoms with E-state index in [1.807, 2.05) is 0 Å². The Bertz CT molecular complexity index is 370. The Balaban J connectivity index is 1.87. The van der Waals surface area contributed by atoms with Gasteiger partial charge in [-0.15, -0.1) is 0 Å². The average molecular weight is 361 g/mol. The number of nitrogens with one attached hydrogen (secondary N) is 1. The molecule has 3 heteroatoms. The van der Waals surface area contributed by atoms with Crippen molar-refractivity contribution in [1.29, 1.82) is 0 Å². The van der Waals surface area contributed by atoms with Crippen molar-refractivity contribution in [2.75, 3.05) is 11.9 Å². The van der Waals surface area contributed by atoms with E-state index in [1.165, 1.54) is 31.4 Å².